The number of hydrogen-bond acceptors (Lipinski definition) is 3. The zero-order valence-corrected chi connectivity index (χ0v) is 8.70. The van der Waals surface area contributed by atoms with E-state index in [1.54, 1.807) is 0 Å². The molecule has 0 aliphatic carbocycles. The van der Waals surface area contributed by atoms with Gasteiger partial charge in [-0.1, -0.05) is 0 Å². The molecule has 1 heterocycles. The standard InChI is InChI=1S/C11H7F2NO3/c1-5-14-9(10(17-5)11(15)16)7-3-2-6(12)4-8(7)13/h2-4H,1H3,(H,15,16). The first-order valence-electron chi connectivity index (χ1n) is 4.65. The number of halogens is 2. The van der Waals surface area contributed by atoms with Crippen LogP contribution < -0.4 is 0 Å². The molecular formula is C11H7F2NO3. The molecule has 2 aromatic rings. The number of oxazole rings is 1. The molecule has 4 nitrogen and oxygen atoms in total. The number of rotatable bonds is 2. The second kappa shape index (κ2) is 3.97. The van der Waals surface area contributed by atoms with E-state index in [-0.39, 0.29) is 17.1 Å². The Bertz CT molecular complexity index is 592. The third-order valence-corrected chi connectivity index (χ3v) is 2.11. The first-order chi connectivity index (χ1) is 7.99. The van der Waals surface area contributed by atoms with Crippen molar-refractivity contribution in [2.45, 2.75) is 6.92 Å². The fourth-order valence-electron chi connectivity index (χ4n) is 1.44. The second-order valence-corrected chi connectivity index (χ2v) is 3.34. The number of nitrogens with zero attached hydrogens (tertiary/aromatic N) is 1. The number of aryl methyl sites for hydroxylation is 1. The van der Waals surface area contributed by atoms with Crippen LogP contribution >= 0.6 is 0 Å². The van der Waals surface area contributed by atoms with E-state index in [4.69, 9.17) is 9.52 Å². The van der Waals surface area contributed by atoms with E-state index in [2.05, 4.69) is 4.98 Å². The Morgan fingerprint density at radius 2 is 2.12 bits per heavy atom. The van der Waals surface area contributed by atoms with E-state index in [0.29, 0.717) is 6.07 Å². The molecule has 6 heteroatoms. The van der Waals surface area contributed by atoms with Gasteiger partial charge < -0.3 is 9.52 Å². The fourth-order valence-corrected chi connectivity index (χ4v) is 1.44. The van der Waals surface area contributed by atoms with Crippen LogP contribution in [0, 0.1) is 18.6 Å². The lowest BCUT2D eigenvalue weighted by molar-refractivity contribution is 0.0662. The van der Waals surface area contributed by atoms with Crippen LogP contribution in [0.5, 0.6) is 0 Å². The Hall–Kier alpha value is -2.24. The molecule has 88 valence electrons. The van der Waals surface area contributed by atoms with Gasteiger partial charge in [-0.25, -0.2) is 18.6 Å². The lowest BCUT2D eigenvalue weighted by Gasteiger charge is -1.99. The summed E-state index contributed by atoms with van der Waals surface area (Å²) in [6.07, 6.45) is 0. The minimum Gasteiger partial charge on any atom is -0.475 e. The molecule has 0 aliphatic rings. The van der Waals surface area contributed by atoms with E-state index < -0.39 is 23.4 Å². The first-order valence-corrected chi connectivity index (χ1v) is 4.65. The van der Waals surface area contributed by atoms with Gasteiger partial charge in [-0.2, -0.15) is 0 Å². The molecule has 1 aromatic carbocycles. The molecule has 0 bridgehead atoms. The zero-order valence-electron chi connectivity index (χ0n) is 8.70. The predicted molar refractivity (Wildman–Crippen MR) is 53.6 cm³/mol. The Kier molecular flexibility index (Phi) is 2.63. The monoisotopic (exact) mass is 239 g/mol. The topological polar surface area (TPSA) is 63.3 Å². The molecule has 17 heavy (non-hydrogen) atoms. The van der Waals surface area contributed by atoms with Crippen LogP contribution in [0.4, 0.5) is 8.78 Å². The minimum absolute atomic E-state index is 0.0983. The van der Waals surface area contributed by atoms with Gasteiger partial charge >= 0.3 is 5.97 Å². The quantitative estimate of drug-likeness (QED) is 0.874. The zero-order chi connectivity index (χ0) is 12.6. The third-order valence-electron chi connectivity index (χ3n) is 2.11. The van der Waals surface area contributed by atoms with Crippen LogP contribution in [0.25, 0.3) is 11.3 Å². The summed E-state index contributed by atoms with van der Waals surface area (Å²) in [4.78, 5) is 14.6. The average molecular weight is 239 g/mol. The molecule has 1 N–H and O–H groups in total. The Morgan fingerprint density at radius 3 is 2.71 bits per heavy atom. The Balaban J connectivity index is 2.63. The van der Waals surface area contributed by atoms with Crippen molar-refractivity contribution in [1.29, 1.82) is 0 Å². The largest absolute Gasteiger partial charge is 0.475 e. The molecule has 0 unspecified atom stereocenters. The van der Waals surface area contributed by atoms with Gasteiger partial charge in [-0.15, -0.1) is 0 Å². The van der Waals surface area contributed by atoms with Gasteiger partial charge in [-0.3, -0.25) is 0 Å². The summed E-state index contributed by atoms with van der Waals surface area (Å²) in [7, 11) is 0. The van der Waals surface area contributed by atoms with E-state index in [1.165, 1.54) is 6.92 Å². The molecule has 1 aromatic heterocycles. The number of carboxylic acid groups (broad SMARTS) is 1. The number of carboxylic acids is 1. The lowest BCUT2D eigenvalue weighted by atomic mass is 10.1. The molecule has 0 spiro atoms. The van der Waals surface area contributed by atoms with Crippen molar-refractivity contribution in [3.05, 3.63) is 41.5 Å². The normalized spacial score (nSPS) is 10.5. The van der Waals surface area contributed by atoms with Gasteiger partial charge in [0.05, 0.1) is 0 Å². The average Bonchev–Trinajstić information content (AvgIpc) is 2.60. The molecule has 0 amide bonds. The van der Waals surface area contributed by atoms with Crippen molar-refractivity contribution in [2.24, 2.45) is 0 Å². The van der Waals surface area contributed by atoms with Crippen molar-refractivity contribution in [1.82, 2.24) is 4.98 Å². The van der Waals surface area contributed by atoms with Crippen LogP contribution in [0.1, 0.15) is 16.4 Å². The highest BCUT2D eigenvalue weighted by Crippen LogP contribution is 2.26. The summed E-state index contributed by atoms with van der Waals surface area (Å²) in [5.41, 5.74) is -0.256. The van der Waals surface area contributed by atoms with Crippen LogP contribution in [-0.4, -0.2) is 16.1 Å². The molecule has 0 saturated heterocycles. The van der Waals surface area contributed by atoms with Crippen LogP contribution in [0.2, 0.25) is 0 Å². The molecule has 0 saturated carbocycles. The summed E-state index contributed by atoms with van der Waals surface area (Å²) in [5.74, 6) is -3.36. The number of carbonyl (C=O) groups is 1. The molecule has 0 radical (unpaired) electrons. The molecular weight excluding hydrogens is 232 g/mol. The molecule has 0 aliphatic heterocycles. The van der Waals surface area contributed by atoms with E-state index in [9.17, 15) is 13.6 Å². The van der Waals surface area contributed by atoms with Crippen molar-refractivity contribution < 1.29 is 23.1 Å². The molecule has 0 fully saturated rings. The summed E-state index contributed by atoms with van der Waals surface area (Å²) in [6, 6.07) is 2.80. The lowest BCUT2D eigenvalue weighted by Crippen LogP contribution is -1.98. The summed E-state index contributed by atoms with van der Waals surface area (Å²) >= 11 is 0. The van der Waals surface area contributed by atoms with Crippen molar-refractivity contribution >= 4 is 5.97 Å². The Morgan fingerprint density at radius 1 is 1.41 bits per heavy atom. The van der Waals surface area contributed by atoms with E-state index >= 15 is 0 Å². The smallest absolute Gasteiger partial charge is 0.374 e. The van der Waals surface area contributed by atoms with Gasteiger partial charge in [0.25, 0.3) is 0 Å². The predicted octanol–water partition coefficient (Wildman–Crippen LogP) is 2.63. The summed E-state index contributed by atoms with van der Waals surface area (Å²) in [5, 5.41) is 8.86. The SMILES string of the molecule is Cc1nc(-c2ccc(F)cc2F)c(C(=O)O)o1. The number of hydrogen-bond donors (Lipinski definition) is 1. The number of aromatic nitrogens is 1. The highest BCUT2D eigenvalue weighted by atomic mass is 19.1. The van der Waals surface area contributed by atoms with E-state index in [1.807, 2.05) is 0 Å². The van der Waals surface area contributed by atoms with Gasteiger partial charge in [0.15, 0.2) is 5.89 Å². The Labute approximate surface area is 94.5 Å². The summed E-state index contributed by atoms with van der Waals surface area (Å²) < 4.78 is 31.0. The third kappa shape index (κ3) is 2.01. The van der Waals surface area contributed by atoms with Crippen LogP contribution in [-0.2, 0) is 0 Å². The maximum absolute atomic E-state index is 13.5. The van der Waals surface area contributed by atoms with Crippen LogP contribution in [0.3, 0.4) is 0 Å². The van der Waals surface area contributed by atoms with E-state index in [0.717, 1.165) is 12.1 Å². The molecule has 2 rings (SSSR count). The highest BCUT2D eigenvalue weighted by molar-refractivity contribution is 5.91. The number of aromatic carboxylic acids is 1. The van der Waals surface area contributed by atoms with Gasteiger partial charge in [0.1, 0.15) is 17.3 Å². The summed E-state index contributed by atoms with van der Waals surface area (Å²) in [6.45, 7) is 1.44. The van der Waals surface area contributed by atoms with Gasteiger partial charge in [0.2, 0.25) is 5.76 Å². The maximum atomic E-state index is 13.5. The first kappa shape index (κ1) is 11.3. The number of benzene rings is 1. The van der Waals surface area contributed by atoms with Crippen molar-refractivity contribution in [3.8, 4) is 11.3 Å². The van der Waals surface area contributed by atoms with Crippen molar-refractivity contribution in [3.63, 3.8) is 0 Å². The van der Waals surface area contributed by atoms with Crippen LogP contribution in [0.15, 0.2) is 22.6 Å². The minimum atomic E-state index is -1.36. The maximum Gasteiger partial charge on any atom is 0.374 e. The highest BCUT2D eigenvalue weighted by Gasteiger charge is 2.21. The van der Waals surface area contributed by atoms with Gasteiger partial charge in [0, 0.05) is 18.6 Å². The second-order valence-electron chi connectivity index (χ2n) is 3.34. The molecule has 0 atom stereocenters. The fraction of sp³-hybridized carbons (Fsp3) is 0.0909. The van der Waals surface area contributed by atoms with Gasteiger partial charge in [-0.05, 0) is 12.1 Å². The van der Waals surface area contributed by atoms with Crippen molar-refractivity contribution in [2.75, 3.05) is 0 Å².